The van der Waals surface area contributed by atoms with Gasteiger partial charge in [-0.2, -0.15) is 0 Å². The predicted molar refractivity (Wildman–Crippen MR) is 76.7 cm³/mol. The van der Waals surface area contributed by atoms with Crippen LogP contribution in [0.5, 0.6) is 0 Å². The molecule has 0 unspecified atom stereocenters. The molecule has 1 aromatic rings. The van der Waals surface area contributed by atoms with E-state index in [1.54, 1.807) is 4.90 Å². The Morgan fingerprint density at radius 3 is 2.63 bits per heavy atom. The van der Waals surface area contributed by atoms with E-state index in [2.05, 4.69) is 23.5 Å². The summed E-state index contributed by atoms with van der Waals surface area (Å²) in [6.07, 6.45) is 2.22. The molecule has 0 aromatic heterocycles. The molecular formula is C15H21N3O. The van der Waals surface area contributed by atoms with E-state index < -0.39 is 0 Å². The number of hydrogen-bond donors (Lipinski definition) is 1. The van der Waals surface area contributed by atoms with Crippen molar-refractivity contribution in [3.05, 3.63) is 29.8 Å². The third-order valence-electron chi connectivity index (χ3n) is 4.40. The summed E-state index contributed by atoms with van der Waals surface area (Å²) in [6, 6.07) is 8.47. The number of para-hydroxylation sites is 1. The normalized spacial score (nSPS) is 20.4. The van der Waals surface area contributed by atoms with Crippen molar-refractivity contribution in [2.75, 3.05) is 38.6 Å². The number of nitrogens with one attached hydrogen (secondary N) is 1. The standard InChI is InChI=1S/C15H21N3O/c1-17(2)14(19)18-11-15(7-9-16-10-8-15)12-5-3-4-6-13(12)18/h3-6,16H,7-11H2,1-2H3. The lowest BCUT2D eigenvalue weighted by Gasteiger charge is -2.34. The smallest absolute Gasteiger partial charge is 0.323 e. The first kappa shape index (κ1) is 12.5. The molecule has 1 N–H and O–H groups in total. The van der Waals surface area contributed by atoms with Gasteiger partial charge in [0.2, 0.25) is 0 Å². The van der Waals surface area contributed by atoms with Crippen LogP contribution in [0, 0.1) is 0 Å². The Kier molecular flexibility index (Phi) is 2.97. The van der Waals surface area contributed by atoms with Gasteiger partial charge in [0.05, 0.1) is 0 Å². The molecule has 19 heavy (non-hydrogen) atoms. The Morgan fingerprint density at radius 2 is 1.95 bits per heavy atom. The maximum atomic E-state index is 12.4. The second-order valence-corrected chi connectivity index (χ2v) is 5.81. The minimum Gasteiger partial charge on any atom is -0.330 e. The van der Waals surface area contributed by atoms with Crippen LogP contribution in [-0.4, -0.2) is 44.7 Å². The Labute approximate surface area is 114 Å². The Morgan fingerprint density at radius 1 is 1.26 bits per heavy atom. The fourth-order valence-corrected chi connectivity index (χ4v) is 3.38. The van der Waals surface area contributed by atoms with Crippen molar-refractivity contribution in [2.45, 2.75) is 18.3 Å². The largest absolute Gasteiger partial charge is 0.330 e. The highest BCUT2D eigenvalue weighted by molar-refractivity contribution is 5.95. The van der Waals surface area contributed by atoms with Crippen LogP contribution in [0.25, 0.3) is 0 Å². The first-order valence-electron chi connectivity index (χ1n) is 6.93. The lowest BCUT2D eigenvalue weighted by Crippen LogP contribution is -2.46. The van der Waals surface area contributed by atoms with Gasteiger partial charge in [-0.25, -0.2) is 4.79 Å². The van der Waals surface area contributed by atoms with Gasteiger partial charge in [-0.05, 0) is 37.6 Å². The van der Waals surface area contributed by atoms with Gasteiger partial charge in [0.25, 0.3) is 0 Å². The van der Waals surface area contributed by atoms with E-state index in [0.717, 1.165) is 38.2 Å². The van der Waals surface area contributed by atoms with E-state index in [0.29, 0.717) is 0 Å². The fraction of sp³-hybridized carbons (Fsp3) is 0.533. The summed E-state index contributed by atoms with van der Waals surface area (Å²) in [5.74, 6) is 0. The number of carbonyl (C=O) groups is 1. The van der Waals surface area contributed by atoms with Crippen molar-refractivity contribution in [1.82, 2.24) is 10.2 Å². The zero-order valence-corrected chi connectivity index (χ0v) is 11.6. The van der Waals surface area contributed by atoms with Crippen LogP contribution in [0.3, 0.4) is 0 Å². The third kappa shape index (κ3) is 1.91. The van der Waals surface area contributed by atoms with Crippen molar-refractivity contribution in [3.8, 4) is 0 Å². The molecule has 2 aliphatic rings. The minimum atomic E-state index is 0.0860. The number of amides is 2. The van der Waals surface area contributed by atoms with Crippen LogP contribution < -0.4 is 10.2 Å². The Hall–Kier alpha value is -1.55. The van der Waals surface area contributed by atoms with Gasteiger partial charge in [-0.3, -0.25) is 4.90 Å². The number of benzene rings is 1. The van der Waals surface area contributed by atoms with Gasteiger partial charge in [-0.1, -0.05) is 18.2 Å². The average Bonchev–Trinajstić information content (AvgIpc) is 2.74. The second-order valence-electron chi connectivity index (χ2n) is 5.81. The van der Waals surface area contributed by atoms with Gasteiger partial charge >= 0.3 is 6.03 Å². The molecule has 2 aliphatic heterocycles. The molecule has 1 spiro atoms. The quantitative estimate of drug-likeness (QED) is 0.771. The molecule has 4 nitrogen and oxygen atoms in total. The summed E-state index contributed by atoms with van der Waals surface area (Å²) >= 11 is 0. The maximum Gasteiger partial charge on any atom is 0.323 e. The number of rotatable bonds is 0. The van der Waals surface area contributed by atoms with Crippen LogP contribution in [0.1, 0.15) is 18.4 Å². The molecule has 1 fully saturated rings. The predicted octanol–water partition coefficient (Wildman–Crippen LogP) is 1.81. The number of nitrogens with zero attached hydrogens (tertiary/aromatic N) is 2. The lowest BCUT2D eigenvalue weighted by molar-refractivity contribution is 0.221. The molecule has 3 rings (SSSR count). The minimum absolute atomic E-state index is 0.0860. The number of anilines is 1. The van der Waals surface area contributed by atoms with Gasteiger partial charge in [0, 0.05) is 31.7 Å². The molecule has 1 aromatic carbocycles. The zero-order chi connectivity index (χ0) is 13.5. The van der Waals surface area contributed by atoms with Crippen molar-refractivity contribution in [3.63, 3.8) is 0 Å². The summed E-state index contributed by atoms with van der Waals surface area (Å²) in [5, 5.41) is 3.42. The van der Waals surface area contributed by atoms with Gasteiger partial charge < -0.3 is 10.2 Å². The van der Waals surface area contributed by atoms with Crippen LogP contribution in [0.4, 0.5) is 10.5 Å². The van der Waals surface area contributed by atoms with Gasteiger partial charge in [0.15, 0.2) is 0 Å². The topological polar surface area (TPSA) is 35.6 Å². The summed E-state index contributed by atoms with van der Waals surface area (Å²) in [5.41, 5.74) is 2.61. The van der Waals surface area contributed by atoms with Crippen LogP contribution in [-0.2, 0) is 5.41 Å². The molecule has 2 amide bonds. The summed E-state index contributed by atoms with van der Waals surface area (Å²) in [7, 11) is 3.64. The van der Waals surface area contributed by atoms with E-state index in [9.17, 15) is 4.79 Å². The monoisotopic (exact) mass is 259 g/mol. The summed E-state index contributed by atoms with van der Waals surface area (Å²) in [6.45, 7) is 2.90. The maximum absolute atomic E-state index is 12.4. The highest BCUT2D eigenvalue weighted by atomic mass is 16.2. The molecule has 2 heterocycles. The second kappa shape index (κ2) is 4.53. The van der Waals surface area contributed by atoms with Crippen molar-refractivity contribution in [2.24, 2.45) is 0 Å². The van der Waals surface area contributed by atoms with E-state index in [4.69, 9.17) is 0 Å². The number of urea groups is 1. The Bertz CT molecular complexity index is 492. The highest BCUT2D eigenvalue weighted by Gasteiger charge is 2.45. The molecule has 0 saturated carbocycles. The number of fused-ring (bicyclic) bond motifs is 2. The number of piperidine rings is 1. The van der Waals surface area contributed by atoms with Crippen LogP contribution in [0.15, 0.2) is 24.3 Å². The molecule has 0 radical (unpaired) electrons. The average molecular weight is 259 g/mol. The van der Waals surface area contributed by atoms with Crippen molar-refractivity contribution in [1.29, 1.82) is 0 Å². The first-order chi connectivity index (χ1) is 9.14. The first-order valence-corrected chi connectivity index (χ1v) is 6.93. The molecular weight excluding hydrogens is 238 g/mol. The van der Waals surface area contributed by atoms with E-state index in [1.807, 2.05) is 25.1 Å². The summed E-state index contributed by atoms with van der Waals surface area (Å²) in [4.78, 5) is 16.0. The van der Waals surface area contributed by atoms with E-state index in [1.165, 1.54) is 5.56 Å². The Balaban J connectivity index is 2.02. The molecule has 0 aliphatic carbocycles. The van der Waals surface area contributed by atoms with Crippen LogP contribution >= 0.6 is 0 Å². The van der Waals surface area contributed by atoms with Gasteiger partial charge in [0.1, 0.15) is 0 Å². The van der Waals surface area contributed by atoms with E-state index >= 15 is 0 Å². The molecule has 0 atom stereocenters. The van der Waals surface area contributed by atoms with Crippen molar-refractivity contribution < 1.29 is 4.79 Å². The third-order valence-corrected chi connectivity index (χ3v) is 4.40. The molecule has 102 valence electrons. The summed E-state index contributed by atoms with van der Waals surface area (Å²) < 4.78 is 0. The number of hydrogen-bond acceptors (Lipinski definition) is 2. The molecule has 0 bridgehead atoms. The SMILES string of the molecule is CN(C)C(=O)N1CC2(CCNCC2)c2ccccc21. The van der Waals surface area contributed by atoms with Crippen LogP contribution in [0.2, 0.25) is 0 Å². The van der Waals surface area contributed by atoms with Crippen molar-refractivity contribution >= 4 is 11.7 Å². The lowest BCUT2D eigenvalue weighted by atomic mass is 9.75. The highest BCUT2D eigenvalue weighted by Crippen LogP contribution is 2.46. The van der Waals surface area contributed by atoms with E-state index in [-0.39, 0.29) is 11.4 Å². The number of carbonyl (C=O) groups excluding carboxylic acids is 1. The van der Waals surface area contributed by atoms with Gasteiger partial charge in [-0.15, -0.1) is 0 Å². The zero-order valence-electron chi connectivity index (χ0n) is 11.6. The molecule has 1 saturated heterocycles. The fourth-order valence-electron chi connectivity index (χ4n) is 3.38. The molecule has 4 heteroatoms.